The summed E-state index contributed by atoms with van der Waals surface area (Å²) in [5, 5.41) is 0.336. The van der Waals surface area contributed by atoms with E-state index in [1.807, 2.05) is 0 Å². The van der Waals surface area contributed by atoms with Gasteiger partial charge in [0.15, 0.2) is 0 Å². The summed E-state index contributed by atoms with van der Waals surface area (Å²) >= 11 is 5.60. The van der Waals surface area contributed by atoms with Gasteiger partial charge in [-0.1, -0.05) is 11.6 Å². The van der Waals surface area contributed by atoms with Crippen molar-refractivity contribution in [2.75, 3.05) is 7.11 Å². The Labute approximate surface area is 80.9 Å². The summed E-state index contributed by atoms with van der Waals surface area (Å²) in [7, 11) is 1.35. The van der Waals surface area contributed by atoms with Crippen molar-refractivity contribution < 1.29 is 9.53 Å². The molecule has 0 aromatic carbocycles. The molecule has 0 saturated heterocycles. The average molecular weight is 201 g/mol. The van der Waals surface area contributed by atoms with Crippen LogP contribution >= 0.6 is 11.6 Å². The van der Waals surface area contributed by atoms with Gasteiger partial charge in [0.2, 0.25) is 0 Å². The first kappa shape index (κ1) is 9.92. The Morgan fingerprint density at radius 2 is 2.38 bits per heavy atom. The molecule has 1 heterocycles. The Morgan fingerprint density at radius 1 is 1.62 bits per heavy atom. The van der Waals surface area contributed by atoms with E-state index in [9.17, 15) is 4.79 Å². The van der Waals surface area contributed by atoms with Crippen LogP contribution in [0.2, 0.25) is 5.15 Å². The first-order valence-corrected chi connectivity index (χ1v) is 4.13. The predicted molar refractivity (Wildman–Crippen MR) is 47.4 cm³/mol. The van der Waals surface area contributed by atoms with Crippen molar-refractivity contribution in [2.45, 2.75) is 12.8 Å². The molecule has 0 amide bonds. The third-order valence-electron chi connectivity index (χ3n) is 1.47. The van der Waals surface area contributed by atoms with E-state index in [4.69, 9.17) is 11.6 Å². The molecule has 13 heavy (non-hydrogen) atoms. The van der Waals surface area contributed by atoms with Gasteiger partial charge in [0.05, 0.1) is 25.4 Å². The minimum absolute atomic E-state index is 0.262. The molecule has 0 fully saturated rings. The molecule has 0 atom stereocenters. The molecule has 0 saturated carbocycles. The van der Waals surface area contributed by atoms with Gasteiger partial charge in [-0.2, -0.15) is 0 Å². The first-order valence-electron chi connectivity index (χ1n) is 3.75. The van der Waals surface area contributed by atoms with Crippen molar-refractivity contribution in [3.05, 3.63) is 23.2 Å². The van der Waals surface area contributed by atoms with Crippen LogP contribution in [0.5, 0.6) is 0 Å². The fourth-order valence-corrected chi connectivity index (χ4v) is 0.997. The van der Waals surface area contributed by atoms with Gasteiger partial charge in [-0.15, -0.1) is 0 Å². The van der Waals surface area contributed by atoms with Gasteiger partial charge in [0.1, 0.15) is 5.15 Å². The van der Waals surface area contributed by atoms with Crippen molar-refractivity contribution >= 4 is 17.6 Å². The molecule has 5 heteroatoms. The number of ether oxygens (including phenoxy) is 1. The summed E-state index contributed by atoms with van der Waals surface area (Å²) in [6, 6.07) is 0. The zero-order valence-electron chi connectivity index (χ0n) is 7.16. The molecule has 4 nitrogen and oxygen atoms in total. The Bertz CT molecular complexity index is 304. The number of nitrogens with zero attached hydrogens (tertiary/aromatic N) is 2. The number of carbonyl (C=O) groups excluding carboxylic acids is 1. The van der Waals surface area contributed by atoms with E-state index in [-0.39, 0.29) is 5.97 Å². The van der Waals surface area contributed by atoms with Crippen LogP contribution in [0.4, 0.5) is 0 Å². The average Bonchev–Trinajstić information content (AvgIpc) is 2.14. The first-order chi connectivity index (χ1) is 6.22. The molecule has 0 spiro atoms. The topological polar surface area (TPSA) is 52.1 Å². The summed E-state index contributed by atoms with van der Waals surface area (Å²) in [5.41, 5.74) is 0.693. The third-order valence-corrected chi connectivity index (χ3v) is 1.65. The fourth-order valence-electron chi connectivity index (χ4n) is 0.832. The molecular formula is C8H9ClN2O2. The van der Waals surface area contributed by atoms with Crippen LogP contribution in [0.15, 0.2) is 12.4 Å². The van der Waals surface area contributed by atoms with E-state index in [2.05, 4.69) is 14.7 Å². The van der Waals surface area contributed by atoms with Gasteiger partial charge >= 0.3 is 5.97 Å². The van der Waals surface area contributed by atoms with Gasteiger partial charge in [-0.25, -0.2) is 4.98 Å². The number of rotatable bonds is 3. The standard InChI is InChI=1S/C8H9ClN2O2/c1-13-8(12)3-2-6-4-10-5-7(9)11-6/h4-5H,2-3H2,1H3. The highest BCUT2D eigenvalue weighted by Gasteiger charge is 2.02. The zero-order chi connectivity index (χ0) is 9.68. The van der Waals surface area contributed by atoms with Crippen LogP contribution < -0.4 is 0 Å². The SMILES string of the molecule is COC(=O)CCc1cncc(Cl)n1. The fraction of sp³-hybridized carbons (Fsp3) is 0.375. The largest absolute Gasteiger partial charge is 0.469 e. The molecule has 70 valence electrons. The van der Waals surface area contributed by atoms with Gasteiger partial charge in [0.25, 0.3) is 0 Å². The van der Waals surface area contributed by atoms with Crippen molar-refractivity contribution in [3.63, 3.8) is 0 Å². The Hall–Kier alpha value is -1.16. The molecule has 0 aliphatic carbocycles. The van der Waals surface area contributed by atoms with E-state index < -0.39 is 0 Å². The predicted octanol–water partition coefficient (Wildman–Crippen LogP) is 1.24. The molecular weight excluding hydrogens is 192 g/mol. The molecule has 1 aromatic heterocycles. The summed E-state index contributed by atoms with van der Waals surface area (Å²) in [6.45, 7) is 0. The lowest BCUT2D eigenvalue weighted by molar-refractivity contribution is -0.140. The van der Waals surface area contributed by atoms with Gasteiger partial charge in [0, 0.05) is 12.6 Å². The third kappa shape index (κ3) is 3.38. The zero-order valence-corrected chi connectivity index (χ0v) is 7.91. The molecule has 0 unspecified atom stereocenters. The normalized spacial score (nSPS) is 9.69. The van der Waals surface area contributed by atoms with Crippen molar-refractivity contribution in [1.29, 1.82) is 0 Å². The molecule has 0 radical (unpaired) electrons. The molecule has 1 aromatic rings. The van der Waals surface area contributed by atoms with Crippen LogP contribution in [-0.4, -0.2) is 23.0 Å². The van der Waals surface area contributed by atoms with Crippen molar-refractivity contribution in [2.24, 2.45) is 0 Å². The second-order valence-electron chi connectivity index (χ2n) is 2.41. The van der Waals surface area contributed by atoms with Crippen LogP contribution in [-0.2, 0) is 16.0 Å². The number of aromatic nitrogens is 2. The van der Waals surface area contributed by atoms with Gasteiger partial charge in [-0.3, -0.25) is 9.78 Å². The number of methoxy groups -OCH3 is 1. The molecule has 0 aliphatic heterocycles. The highest BCUT2D eigenvalue weighted by atomic mass is 35.5. The Balaban J connectivity index is 2.50. The summed E-state index contributed by atoms with van der Waals surface area (Å²) in [6.07, 6.45) is 3.82. The maximum Gasteiger partial charge on any atom is 0.305 e. The van der Waals surface area contributed by atoms with E-state index in [1.165, 1.54) is 13.3 Å². The van der Waals surface area contributed by atoms with Crippen molar-refractivity contribution in [3.8, 4) is 0 Å². The second kappa shape index (κ2) is 4.77. The molecule has 0 bridgehead atoms. The minimum atomic E-state index is -0.262. The summed E-state index contributed by atoms with van der Waals surface area (Å²) in [4.78, 5) is 18.6. The highest BCUT2D eigenvalue weighted by molar-refractivity contribution is 6.29. The van der Waals surface area contributed by atoms with E-state index in [0.717, 1.165) is 0 Å². The minimum Gasteiger partial charge on any atom is -0.469 e. The maximum absolute atomic E-state index is 10.8. The monoisotopic (exact) mass is 200 g/mol. The van der Waals surface area contributed by atoms with Crippen LogP contribution in [0.3, 0.4) is 0 Å². The van der Waals surface area contributed by atoms with E-state index in [0.29, 0.717) is 23.7 Å². The number of hydrogen-bond acceptors (Lipinski definition) is 4. The van der Waals surface area contributed by atoms with Crippen LogP contribution in [0.1, 0.15) is 12.1 Å². The Kier molecular flexibility index (Phi) is 3.64. The lowest BCUT2D eigenvalue weighted by Crippen LogP contribution is -2.03. The Morgan fingerprint density at radius 3 is 3.00 bits per heavy atom. The van der Waals surface area contributed by atoms with Crippen LogP contribution in [0, 0.1) is 0 Å². The summed E-state index contributed by atoms with van der Waals surface area (Å²) < 4.78 is 4.48. The number of halogens is 1. The lowest BCUT2D eigenvalue weighted by Gasteiger charge is -1.98. The van der Waals surface area contributed by atoms with Crippen LogP contribution in [0.25, 0.3) is 0 Å². The van der Waals surface area contributed by atoms with Crippen molar-refractivity contribution in [1.82, 2.24) is 9.97 Å². The number of esters is 1. The van der Waals surface area contributed by atoms with E-state index in [1.54, 1.807) is 6.20 Å². The highest BCUT2D eigenvalue weighted by Crippen LogP contribution is 2.04. The maximum atomic E-state index is 10.8. The molecule has 1 rings (SSSR count). The quantitative estimate of drug-likeness (QED) is 0.689. The number of aryl methyl sites for hydroxylation is 1. The molecule has 0 aliphatic rings. The molecule has 0 N–H and O–H groups in total. The smallest absolute Gasteiger partial charge is 0.305 e. The number of hydrogen-bond donors (Lipinski definition) is 0. The van der Waals surface area contributed by atoms with E-state index >= 15 is 0 Å². The lowest BCUT2D eigenvalue weighted by atomic mass is 10.2. The van der Waals surface area contributed by atoms with Gasteiger partial charge < -0.3 is 4.74 Å². The van der Waals surface area contributed by atoms with Gasteiger partial charge in [-0.05, 0) is 0 Å². The summed E-state index contributed by atoms with van der Waals surface area (Å²) in [5.74, 6) is -0.262. The second-order valence-corrected chi connectivity index (χ2v) is 2.80. The number of carbonyl (C=O) groups is 1.